The van der Waals surface area contributed by atoms with Crippen LogP contribution in [0.15, 0.2) is 72.8 Å². The van der Waals surface area contributed by atoms with Crippen molar-refractivity contribution in [3.05, 3.63) is 89.5 Å². The second kappa shape index (κ2) is 8.19. The normalized spacial score (nSPS) is 10.1. The summed E-state index contributed by atoms with van der Waals surface area (Å²) in [5.41, 5.74) is 3.36. The zero-order chi connectivity index (χ0) is 19.2. The van der Waals surface area contributed by atoms with E-state index in [1.165, 1.54) is 7.11 Å². The van der Waals surface area contributed by atoms with Crippen molar-refractivity contribution in [1.82, 2.24) is 0 Å². The second-order valence-electron chi connectivity index (χ2n) is 6.06. The van der Waals surface area contributed by atoms with Crippen LogP contribution in [0.2, 0.25) is 0 Å². The SMILES string of the molecule is COc1ccccc1C(=O)Nc1ccc(NC(=O)c2cccc(C)c2)cc1. The van der Waals surface area contributed by atoms with E-state index in [-0.39, 0.29) is 11.8 Å². The number of methoxy groups -OCH3 is 1. The third-order valence-corrected chi connectivity index (χ3v) is 4.03. The number of carbonyl (C=O) groups is 2. The molecule has 3 aromatic carbocycles. The van der Waals surface area contributed by atoms with Gasteiger partial charge in [0.25, 0.3) is 11.8 Å². The van der Waals surface area contributed by atoms with Gasteiger partial charge in [-0.2, -0.15) is 0 Å². The number of carbonyl (C=O) groups excluding carboxylic acids is 2. The van der Waals surface area contributed by atoms with Gasteiger partial charge in [-0.25, -0.2) is 0 Å². The van der Waals surface area contributed by atoms with Crippen molar-refractivity contribution in [2.24, 2.45) is 0 Å². The van der Waals surface area contributed by atoms with Gasteiger partial charge in [0.1, 0.15) is 5.75 Å². The van der Waals surface area contributed by atoms with Gasteiger partial charge in [-0.1, -0.05) is 29.8 Å². The van der Waals surface area contributed by atoms with Crippen molar-refractivity contribution < 1.29 is 14.3 Å². The van der Waals surface area contributed by atoms with Crippen LogP contribution >= 0.6 is 0 Å². The average molecular weight is 360 g/mol. The van der Waals surface area contributed by atoms with Gasteiger partial charge in [-0.05, 0) is 55.5 Å². The van der Waals surface area contributed by atoms with E-state index in [0.717, 1.165) is 5.56 Å². The number of para-hydroxylation sites is 1. The minimum atomic E-state index is -0.260. The van der Waals surface area contributed by atoms with E-state index in [1.54, 1.807) is 54.6 Å². The monoisotopic (exact) mass is 360 g/mol. The Morgan fingerprint density at radius 3 is 2.04 bits per heavy atom. The molecule has 5 heteroatoms. The van der Waals surface area contributed by atoms with Crippen molar-refractivity contribution in [1.29, 1.82) is 0 Å². The van der Waals surface area contributed by atoms with Crippen LogP contribution in [-0.2, 0) is 0 Å². The van der Waals surface area contributed by atoms with E-state index in [1.807, 2.05) is 25.1 Å². The van der Waals surface area contributed by atoms with Crippen molar-refractivity contribution in [2.45, 2.75) is 6.92 Å². The fraction of sp³-hybridized carbons (Fsp3) is 0.0909. The first-order chi connectivity index (χ1) is 13.1. The number of aryl methyl sites for hydroxylation is 1. The predicted molar refractivity (Wildman–Crippen MR) is 107 cm³/mol. The summed E-state index contributed by atoms with van der Waals surface area (Å²) >= 11 is 0. The molecule has 0 aliphatic rings. The number of rotatable bonds is 5. The van der Waals surface area contributed by atoms with E-state index < -0.39 is 0 Å². The molecular weight excluding hydrogens is 340 g/mol. The van der Waals surface area contributed by atoms with Gasteiger partial charge in [0.05, 0.1) is 12.7 Å². The lowest BCUT2D eigenvalue weighted by Crippen LogP contribution is -2.14. The fourth-order valence-electron chi connectivity index (χ4n) is 2.66. The highest BCUT2D eigenvalue weighted by Gasteiger charge is 2.12. The van der Waals surface area contributed by atoms with Crippen LogP contribution in [0.1, 0.15) is 26.3 Å². The minimum Gasteiger partial charge on any atom is -0.496 e. The molecule has 0 aliphatic carbocycles. The van der Waals surface area contributed by atoms with Crippen molar-refractivity contribution >= 4 is 23.2 Å². The molecule has 0 atom stereocenters. The maximum absolute atomic E-state index is 12.4. The van der Waals surface area contributed by atoms with Crippen molar-refractivity contribution in [3.63, 3.8) is 0 Å². The number of hydrogen-bond donors (Lipinski definition) is 2. The molecular formula is C22H20N2O3. The van der Waals surface area contributed by atoms with E-state index in [9.17, 15) is 9.59 Å². The molecule has 3 aromatic rings. The number of anilines is 2. The summed E-state index contributed by atoms with van der Waals surface area (Å²) in [5.74, 6) is 0.0746. The van der Waals surface area contributed by atoms with E-state index >= 15 is 0 Å². The summed E-state index contributed by atoms with van der Waals surface area (Å²) in [5, 5.41) is 5.67. The second-order valence-corrected chi connectivity index (χ2v) is 6.06. The standard InChI is InChI=1S/C22H20N2O3/c1-15-6-5-7-16(14-15)21(25)23-17-10-12-18(13-11-17)24-22(26)19-8-3-4-9-20(19)27-2/h3-14H,1-2H3,(H,23,25)(H,24,26). The molecule has 0 unspecified atom stereocenters. The van der Waals surface area contributed by atoms with Crippen LogP contribution < -0.4 is 15.4 Å². The molecule has 3 rings (SSSR count). The Bertz CT molecular complexity index is 965. The van der Waals surface area contributed by atoms with Crippen LogP contribution in [-0.4, -0.2) is 18.9 Å². The van der Waals surface area contributed by atoms with Gasteiger partial charge >= 0.3 is 0 Å². The topological polar surface area (TPSA) is 67.4 Å². The number of ether oxygens (including phenoxy) is 1. The van der Waals surface area contributed by atoms with Gasteiger partial charge in [0, 0.05) is 16.9 Å². The van der Waals surface area contributed by atoms with E-state index in [2.05, 4.69) is 10.6 Å². The molecule has 27 heavy (non-hydrogen) atoms. The Balaban J connectivity index is 1.67. The molecule has 0 aliphatic heterocycles. The van der Waals surface area contributed by atoms with Gasteiger partial charge in [0.2, 0.25) is 0 Å². The largest absolute Gasteiger partial charge is 0.496 e. The summed E-state index contributed by atoms with van der Waals surface area (Å²) in [7, 11) is 1.53. The highest BCUT2D eigenvalue weighted by molar-refractivity contribution is 6.07. The van der Waals surface area contributed by atoms with Gasteiger partial charge in [0.15, 0.2) is 0 Å². The summed E-state index contributed by atoms with van der Waals surface area (Å²) in [6.45, 7) is 1.94. The number of amides is 2. The molecule has 0 saturated carbocycles. The molecule has 0 bridgehead atoms. The smallest absolute Gasteiger partial charge is 0.259 e. The maximum Gasteiger partial charge on any atom is 0.259 e. The Kier molecular flexibility index (Phi) is 5.52. The Morgan fingerprint density at radius 2 is 1.41 bits per heavy atom. The molecule has 0 radical (unpaired) electrons. The van der Waals surface area contributed by atoms with E-state index in [0.29, 0.717) is 28.3 Å². The molecule has 2 N–H and O–H groups in total. The first kappa shape index (κ1) is 18.2. The van der Waals surface area contributed by atoms with Gasteiger partial charge in [-0.15, -0.1) is 0 Å². The van der Waals surface area contributed by atoms with Crippen LogP contribution in [0.3, 0.4) is 0 Å². The van der Waals surface area contributed by atoms with Crippen LogP contribution in [0.25, 0.3) is 0 Å². The summed E-state index contributed by atoms with van der Waals surface area (Å²) in [6, 6.07) is 21.4. The van der Waals surface area contributed by atoms with Crippen molar-refractivity contribution in [3.8, 4) is 5.75 Å². The van der Waals surface area contributed by atoms with Crippen LogP contribution in [0, 0.1) is 6.92 Å². The Hall–Kier alpha value is -3.60. The molecule has 0 spiro atoms. The zero-order valence-corrected chi connectivity index (χ0v) is 15.2. The Labute approximate surface area is 158 Å². The molecule has 5 nitrogen and oxygen atoms in total. The first-order valence-corrected chi connectivity index (χ1v) is 8.49. The summed E-state index contributed by atoms with van der Waals surface area (Å²) < 4.78 is 5.21. The lowest BCUT2D eigenvalue weighted by molar-refractivity contribution is 0.101. The highest BCUT2D eigenvalue weighted by atomic mass is 16.5. The number of benzene rings is 3. The molecule has 0 fully saturated rings. The lowest BCUT2D eigenvalue weighted by Gasteiger charge is -2.10. The summed E-state index contributed by atoms with van der Waals surface area (Å²) in [4.78, 5) is 24.7. The molecule has 136 valence electrons. The number of nitrogens with one attached hydrogen (secondary N) is 2. The fourth-order valence-corrected chi connectivity index (χ4v) is 2.66. The van der Waals surface area contributed by atoms with Crippen LogP contribution in [0.5, 0.6) is 5.75 Å². The van der Waals surface area contributed by atoms with Crippen LogP contribution in [0.4, 0.5) is 11.4 Å². The lowest BCUT2D eigenvalue weighted by atomic mass is 10.1. The van der Waals surface area contributed by atoms with E-state index in [4.69, 9.17) is 4.74 Å². The molecule has 0 saturated heterocycles. The quantitative estimate of drug-likeness (QED) is 0.703. The first-order valence-electron chi connectivity index (χ1n) is 8.49. The highest BCUT2D eigenvalue weighted by Crippen LogP contribution is 2.20. The third kappa shape index (κ3) is 4.52. The van der Waals surface area contributed by atoms with Gasteiger partial charge < -0.3 is 15.4 Å². The maximum atomic E-state index is 12.4. The minimum absolute atomic E-state index is 0.176. The molecule has 0 aromatic heterocycles. The molecule has 0 heterocycles. The third-order valence-electron chi connectivity index (χ3n) is 4.03. The van der Waals surface area contributed by atoms with Crippen molar-refractivity contribution in [2.75, 3.05) is 17.7 Å². The average Bonchev–Trinajstić information content (AvgIpc) is 2.69. The zero-order valence-electron chi connectivity index (χ0n) is 15.2. The Morgan fingerprint density at radius 1 is 0.778 bits per heavy atom. The predicted octanol–water partition coefficient (Wildman–Crippen LogP) is 4.51. The van der Waals surface area contributed by atoms with Gasteiger partial charge in [-0.3, -0.25) is 9.59 Å². The summed E-state index contributed by atoms with van der Waals surface area (Å²) in [6.07, 6.45) is 0. The number of hydrogen-bond acceptors (Lipinski definition) is 3. The molecule has 2 amide bonds.